The van der Waals surface area contributed by atoms with Gasteiger partial charge in [-0.1, -0.05) is 11.6 Å². The first kappa shape index (κ1) is 24.4. The summed E-state index contributed by atoms with van der Waals surface area (Å²) in [5.74, 6) is -2.01. The molecule has 0 radical (unpaired) electrons. The van der Waals surface area contributed by atoms with Crippen LogP contribution >= 0.6 is 11.6 Å². The van der Waals surface area contributed by atoms with Gasteiger partial charge in [-0.05, 0) is 45.4 Å². The maximum absolute atomic E-state index is 13.7. The number of hydrogen-bond acceptors (Lipinski definition) is 6. The van der Waals surface area contributed by atoms with E-state index in [1.165, 1.54) is 6.20 Å². The fourth-order valence-electron chi connectivity index (χ4n) is 4.26. The van der Waals surface area contributed by atoms with E-state index in [0.29, 0.717) is 35.9 Å². The average Bonchev–Trinajstić information content (AvgIpc) is 2.97. The van der Waals surface area contributed by atoms with Crippen molar-refractivity contribution in [2.75, 3.05) is 16.8 Å². The largest absolute Gasteiger partial charge is 0.390 e. The normalized spacial score (nSPS) is 18.5. The first-order chi connectivity index (χ1) is 15.8. The summed E-state index contributed by atoms with van der Waals surface area (Å²) in [6.45, 7) is 5.65. The van der Waals surface area contributed by atoms with Gasteiger partial charge < -0.3 is 15.3 Å². The zero-order chi connectivity index (χ0) is 24.8. The Labute approximate surface area is 201 Å². The highest BCUT2D eigenvalue weighted by Gasteiger charge is 2.39. The summed E-state index contributed by atoms with van der Waals surface area (Å²) in [6, 6.07) is 5.04. The number of anilines is 3. The Morgan fingerprint density at radius 1 is 1.32 bits per heavy atom. The number of piperidine rings is 1. The third kappa shape index (κ3) is 5.02. The average molecular weight is 495 g/mol. The molecule has 0 aliphatic carbocycles. The monoisotopic (exact) mass is 494 g/mol. The third-order valence-corrected chi connectivity index (χ3v) is 6.46. The SMILES string of the molecule is CC1CC(F)(F)CCN1c1ncc(Cl)c(Nc2ccc3c(c2)n(CCC(C)(C)O)c(=O)n3C)n1. The molecule has 1 aromatic carbocycles. The van der Waals surface area contributed by atoms with E-state index in [1.54, 1.807) is 41.9 Å². The lowest BCUT2D eigenvalue weighted by Crippen LogP contribution is -2.46. The van der Waals surface area contributed by atoms with Gasteiger partial charge in [0.05, 0.1) is 22.8 Å². The van der Waals surface area contributed by atoms with Crippen LogP contribution in [0.4, 0.5) is 26.2 Å². The van der Waals surface area contributed by atoms with Crippen LogP contribution in [0.15, 0.2) is 29.2 Å². The van der Waals surface area contributed by atoms with E-state index >= 15 is 0 Å². The van der Waals surface area contributed by atoms with Crippen molar-refractivity contribution in [3.8, 4) is 0 Å². The van der Waals surface area contributed by atoms with Gasteiger partial charge in [0.25, 0.3) is 5.92 Å². The number of hydrogen-bond donors (Lipinski definition) is 2. The van der Waals surface area contributed by atoms with Crippen LogP contribution in [0, 0.1) is 0 Å². The second-order valence-electron chi connectivity index (χ2n) is 9.60. The van der Waals surface area contributed by atoms with E-state index in [0.717, 1.165) is 5.52 Å². The molecule has 8 nitrogen and oxygen atoms in total. The number of imidazole rings is 1. The summed E-state index contributed by atoms with van der Waals surface area (Å²) in [4.78, 5) is 23.3. The molecule has 11 heteroatoms. The Hall–Kier alpha value is -2.72. The van der Waals surface area contributed by atoms with Gasteiger partial charge in [0.15, 0.2) is 5.82 Å². The van der Waals surface area contributed by atoms with Crippen molar-refractivity contribution in [2.45, 2.75) is 64.1 Å². The summed E-state index contributed by atoms with van der Waals surface area (Å²) in [5.41, 5.74) is 1.04. The van der Waals surface area contributed by atoms with Crippen LogP contribution in [-0.4, -0.2) is 48.3 Å². The minimum Gasteiger partial charge on any atom is -0.390 e. The van der Waals surface area contributed by atoms with Crippen molar-refractivity contribution in [2.24, 2.45) is 7.05 Å². The molecule has 1 saturated heterocycles. The lowest BCUT2D eigenvalue weighted by Gasteiger charge is -2.37. The zero-order valence-electron chi connectivity index (χ0n) is 19.6. The fourth-order valence-corrected chi connectivity index (χ4v) is 4.39. The lowest BCUT2D eigenvalue weighted by atomic mass is 10.0. The Morgan fingerprint density at radius 3 is 2.74 bits per heavy atom. The molecule has 0 bridgehead atoms. The summed E-state index contributed by atoms with van der Waals surface area (Å²) >= 11 is 6.33. The van der Waals surface area contributed by atoms with Gasteiger partial charge in [0.2, 0.25) is 5.95 Å². The molecule has 1 aliphatic heterocycles. The number of aromatic nitrogens is 4. The summed E-state index contributed by atoms with van der Waals surface area (Å²) < 4.78 is 30.7. The second kappa shape index (κ2) is 8.81. The molecule has 1 fully saturated rings. The van der Waals surface area contributed by atoms with Crippen LogP contribution in [0.5, 0.6) is 0 Å². The first-order valence-corrected chi connectivity index (χ1v) is 11.6. The fraction of sp³-hybridized carbons (Fsp3) is 0.522. The summed E-state index contributed by atoms with van der Waals surface area (Å²) in [5, 5.41) is 13.6. The third-order valence-electron chi connectivity index (χ3n) is 6.19. The number of rotatable bonds is 6. The van der Waals surface area contributed by atoms with Crippen molar-refractivity contribution in [1.82, 2.24) is 19.1 Å². The Balaban J connectivity index is 1.64. The smallest absolute Gasteiger partial charge is 0.328 e. The van der Waals surface area contributed by atoms with Gasteiger partial charge >= 0.3 is 5.69 Å². The van der Waals surface area contributed by atoms with Gasteiger partial charge in [0.1, 0.15) is 5.02 Å². The van der Waals surface area contributed by atoms with Crippen LogP contribution < -0.4 is 15.9 Å². The second-order valence-corrected chi connectivity index (χ2v) is 10.0. The lowest BCUT2D eigenvalue weighted by molar-refractivity contribution is -0.0321. The molecule has 0 amide bonds. The van der Waals surface area contributed by atoms with Crippen molar-refractivity contribution in [3.05, 3.63) is 39.9 Å². The number of aryl methyl sites for hydroxylation is 2. The summed E-state index contributed by atoms with van der Waals surface area (Å²) in [6.07, 6.45) is 1.36. The van der Waals surface area contributed by atoms with E-state index in [9.17, 15) is 18.7 Å². The molecular formula is C23H29ClF2N6O2. The van der Waals surface area contributed by atoms with E-state index in [4.69, 9.17) is 11.6 Å². The quantitative estimate of drug-likeness (QED) is 0.531. The van der Waals surface area contributed by atoms with Crippen LogP contribution in [0.3, 0.4) is 0 Å². The van der Waals surface area contributed by atoms with E-state index in [-0.39, 0.29) is 30.1 Å². The van der Waals surface area contributed by atoms with Crippen LogP contribution in [0.1, 0.15) is 40.0 Å². The highest BCUT2D eigenvalue weighted by Crippen LogP contribution is 2.34. The molecule has 3 aromatic rings. The zero-order valence-corrected chi connectivity index (χ0v) is 20.4. The molecule has 3 heterocycles. The van der Waals surface area contributed by atoms with Crippen molar-refractivity contribution in [1.29, 1.82) is 0 Å². The van der Waals surface area contributed by atoms with E-state index in [2.05, 4.69) is 15.3 Å². The first-order valence-electron chi connectivity index (χ1n) is 11.2. The molecule has 1 aliphatic rings. The molecule has 2 aromatic heterocycles. The number of alkyl halides is 2. The minimum absolute atomic E-state index is 0.151. The van der Waals surface area contributed by atoms with Crippen LogP contribution in [0.25, 0.3) is 11.0 Å². The molecule has 2 N–H and O–H groups in total. The Kier molecular flexibility index (Phi) is 6.32. The summed E-state index contributed by atoms with van der Waals surface area (Å²) in [7, 11) is 1.70. The molecule has 0 saturated carbocycles. The number of fused-ring (bicyclic) bond motifs is 1. The van der Waals surface area contributed by atoms with Gasteiger partial charge in [-0.2, -0.15) is 4.98 Å². The number of aliphatic hydroxyl groups is 1. The van der Waals surface area contributed by atoms with Gasteiger partial charge in [-0.25, -0.2) is 18.6 Å². The predicted octanol–water partition coefficient (Wildman–Crippen LogP) is 4.31. The number of nitrogens with one attached hydrogen (secondary N) is 1. The Morgan fingerprint density at radius 2 is 2.06 bits per heavy atom. The highest BCUT2D eigenvalue weighted by molar-refractivity contribution is 6.32. The number of benzene rings is 1. The topological polar surface area (TPSA) is 88.2 Å². The van der Waals surface area contributed by atoms with Crippen molar-refractivity contribution >= 4 is 40.1 Å². The van der Waals surface area contributed by atoms with Gasteiger partial charge in [-0.3, -0.25) is 9.13 Å². The van der Waals surface area contributed by atoms with Gasteiger partial charge in [0, 0.05) is 44.7 Å². The number of halogens is 3. The molecule has 184 valence electrons. The molecule has 0 spiro atoms. The van der Waals surface area contributed by atoms with Crippen LogP contribution in [0.2, 0.25) is 5.02 Å². The van der Waals surface area contributed by atoms with Crippen LogP contribution in [-0.2, 0) is 13.6 Å². The molecule has 1 atom stereocenters. The van der Waals surface area contributed by atoms with Gasteiger partial charge in [-0.15, -0.1) is 0 Å². The number of nitrogens with zero attached hydrogens (tertiary/aromatic N) is 5. The standard InChI is InChI=1S/C23H29ClF2N6O2/c1-14-12-23(25,26)8-10-31(14)20-27-13-16(24)19(29-20)28-15-5-6-17-18(11-15)32(21(33)30(17)4)9-7-22(2,3)34/h5-6,11,13-14,34H,7-10,12H2,1-4H3,(H,27,28,29). The molecule has 1 unspecified atom stereocenters. The molecule has 4 rings (SSSR count). The van der Waals surface area contributed by atoms with E-state index < -0.39 is 17.6 Å². The van der Waals surface area contributed by atoms with E-state index in [1.807, 2.05) is 18.2 Å². The Bertz CT molecular complexity index is 1270. The van der Waals surface area contributed by atoms with Crippen molar-refractivity contribution in [3.63, 3.8) is 0 Å². The predicted molar refractivity (Wildman–Crippen MR) is 129 cm³/mol. The molecular weight excluding hydrogens is 466 g/mol. The minimum atomic E-state index is -2.68. The molecule has 34 heavy (non-hydrogen) atoms. The maximum Gasteiger partial charge on any atom is 0.328 e. The van der Waals surface area contributed by atoms with Crippen molar-refractivity contribution < 1.29 is 13.9 Å². The maximum atomic E-state index is 13.7. The highest BCUT2D eigenvalue weighted by atomic mass is 35.5.